The molecule has 1 aromatic carbocycles. The molecule has 26 heavy (non-hydrogen) atoms. The summed E-state index contributed by atoms with van der Waals surface area (Å²) in [6, 6.07) is 3.20. The van der Waals surface area contributed by atoms with Crippen LogP contribution in [0, 0.1) is 0 Å². The third-order valence-corrected chi connectivity index (χ3v) is 4.30. The summed E-state index contributed by atoms with van der Waals surface area (Å²) in [5.41, 5.74) is 1.22. The van der Waals surface area contributed by atoms with Crippen LogP contribution >= 0.6 is 34.8 Å². The number of ether oxygens (including phenoxy) is 1. The first-order valence-corrected chi connectivity index (χ1v) is 9.32. The molecule has 0 bridgehead atoms. The van der Waals surface area contributed by atoms with E-state index in [1.807, 2.05) is 24.1 Å². The maximum absolute atomic E-state index is 6.08. The van der Waals surface area contributed by atoms with E-state index in [0.717, 1.165) is 19.4 Å². The van der Waals surface area contributed by atoms with Gasteiger partial charge in [-0.2, -0.15) is 5.10 Å². The number of hydrogen-bond acceptors (Lipinski definition) is 3. The first-order chi connectivity index (χ1) is 12.5. The molecule has 0 saturated heterocycles. The fraction of sp³-hybridized carbons (Fsp3) is 0.412. The molecule has 1 aromatic heterocycles. The van der Waals surface area contributed by atoms with Crippen molar-refractivity contribution >= 4 is 40.8 Å². The van der Waals surface area contributed by atoms with Crippen LogP contribution in [-0.2, 0) is 13.5 Å². The molecule has 2 rings (SSSR count). The van der Waals surface area contributed by atoms with Gasteiger partial charge in [0.2, 0.25) is 0 Å². The van der Waals surface area contributed by atoms with Gasteiger partial charge >= 0.3 is 0 Å². The molecule has 0 radical (unpaired) electrons. The minimum Gasteiger partial charge on any atom is -0.489 e. The summed E-state index contributed by atoms with van der Waals surface area (Å²) >= 11 is 18.0. The summed E-state index contributed by atoms with van der Waals surface area (Å²) in [7, 11) is 3.64. The number of nitrogens with one attached hydrogen (secondary N) is 2. The van der Waals surface area contributed by atoms with E-state index in [1.54, 1.807) is 19.2 Å². The number of rotatable bonds is 8. The fourth-order valence-corrected chi connectivity index (χ4v) is 3.24. The Kier molecular flexibility index (Phi) is 8.35. The molecule has 0 unspecified atom stereocenters. The van der Waals surface area contributed by atoms with Crippen LogP contribution in [0.15, 0.2) is 29.5 Å². The maximum atomic E-state index is 6.08. The number of benzene rings is 1. The van der Waals surface area contributed by atoms with E-state index >= 15 is 0 Å². The van der Waals surface area contributed by atoms with Gasteiger partial charge in [0.1, 0.15) is 6.61 Å². The Balaban J connectivity index is 1.66. The fourth-order valence-electron chi connectivity index (χ4n) is 2.31. The van der Waals surface area contributed by atoms with E-state index in [2.05, 4.69) is 20.7 Å². The van der Waals surface area contributed by atoms with Gasteiger partial charge in [-0.15, -0.1) is 0 Å². The Hall–Kier alpha value is -1.63. The molecule has 0 fully saturated rings. The highest BCUT2D eigenvalue weighted by molar-refractivity contribution is 6.40. The van der Waals surface area contributed by atoms with Gasteiger partial charge in [0, 0.05) is 31.9 Å². The van der Waals surface area contributed by atoms with E-state index < -0.39 is 0 Å². The number of guanidine groups is 1. The molecule has 0 saturated carbocycles. The number of halogens is 3. The van der Waals surface area contributed by atoms with Crippen LogP contribution in [-0.4, -0.2) is 42.5 Å². The van der Waals surface area contributed by atoms with Gasteiger partial charge in [-0.25, -0.2) is 0 Å². The average Bonchev–Trinajstić information content (AvgIpc) is 3.00. The SMILES string of the molecule is CN=C(NCCCc1cnn(C)c1)NCCOc1c(Cl)cc(Cl)cc1Cl. The van der Waals surface area contributed by atoms with Gasteiger partial charge in [0.15, 0.2) is 11.7 Å². The third-order valence-electron chi connectivity index (χ3n) is 3.52. The van der Waals surface area contributed by atoms with Gasteiger partial charge in [-0.3, -0.25) is 9.67 Å². The maximum Gasteiger partial charge on any atom is 0.191 e. The molecule has 0 aliphatic carbocycles. The van der Waals surface area contributed by atoms with Crippen molar-refractivity contribution in [3.05, 3.63) is 45.2 Å². The van der Waals surface area contributed by atoms with E-state index in [-0.39, 0.29) is 0 Å². The Bertz CT molecular complexity index is 725. The number of nitrogens with zero attached hydrogens (tertiary/aromatic N) is 3. The Morgan fingerprint density at radius 3 is 2.50 bits per heavy atom. The topological polar surface area (TPSA) is 63.5 Å². The van der Waals surface area contributed by atoms with Crippen LogP contribution < -0.4 is 15.4 Å². The van der Waals surface area contributed by atoms with Crippen molar-refractivity contribution in [3.8, 4) is 5.75 Å². The van der Waals surface area contributed by atoms with E-state index in [0.29, 0.717) is 39.9 Å². The van der Waals surface area contributed by atoms with Gasteiger partial charge < -0.3 is 15.4 Å². The number of hydrogen-bond donors (Lipinski definition) is 2. The summed E-state index contributed by atoms with van der Waals surface area (Å²) in [5, 5.41) is 11.9. The largest absolute Gasteiger partial charge is 0.489 e. The number of aromatic nitrogens is 2. The van der Waals surface area contributed by atoms with E-state index in [9.17, 15) is 0 Å². The quantitative estimate of drug-likeness (QED) is 0.391. The predicted octanol–water partition coefficient (Wildman–Crippen LogP) is 3.56. The monoisotopic (exact) mass is 417 g/mol. The second-order valence-corrected chi connectivity index (χ2v) is 6.85. The standard InChI is InChI=1S/C17H22Cl3N5O/c1-21-17(22-5-3-4-12-10-24-25(2)11-12)23-6-7-26-16-14(19)8-13(18)9-15(16)20/h8-11H,3-7H2,1-2H3,(H2,21,22,23). The van der Waals surface area contributed by atoms with Crippen LogP contribution in [0.2, 0.25) is 15.1 Å². The van der Waals surface area contributed by atoms with E-state index in [4.69, 9.17) is 39.5 Å². The van der Waals surface area contributed by atoms with Crippen molar-refractivity contribution in [1.29, 1.82) is 0 Å². The van der Waals surface area contributed by atoms with Crippen molar-refractivity contribution in [2.45, 2.75) is 12.8 Å². The number of aliphatic imine (C=N–C) groups is 1. The minimum atomic E-state index is 0.386. The second kappa shape index (κ2) is 10.5. The zero-order valence-electron chi connectivity index (χ0n) is 14.7. The Morgan fingerprint density at radius 1 is 1.19 bits per heavy atom. The normalized spacial score (nSPS) is 11.5. The summed E-state index contributed by atoms with van der Waals surface area (Å²) in [6.45, 7) is 1.75. The van der Waals surface area contributed by atoms with Crippen LogP contribution in [0.4, 0.5) is 0 Å². The predicted molar refractivity (Wildman–Crippen MR) is 108 cm³/mol. The molecule has 0 spiro atoms. The smallest absolute Gasteiger partial charge is 0.191 e. The molecule has 2 aromatic rings. The molecular formula is C17H22Cl3N5O. The number of aryl methyl sites for hydroxylation is 2. The average molecular weight is 419 g/mol. The van der Waals surface area contributed by atoms with Crippen LogP contribution in [0.5, 0.6) is 5.75 Å². The highest BCUT2D eigenvalue weighted by atomic mass is 35.5. The molecule has 9 heteroatoms. The lowest BCUT2D eigenvalue weighted by Crippen LogP contribution is -2.39. The first kappa shape index (κ1) is 20.7. The molecule has 2 N–H and O–H groups in total. The second-order valence-electron chi connectivity index (χ2n) is 5.60. The molecule has 6 nitrogen and oxygen atoms in total. The summed E-state index contributed by atoms with van der Waals surface area (Å²) in [5.74, 6) is 1.15. The van der Waals surface area contributed by atoms with Crippen LogP contribution in [0.3, 0.4) is 0 Å². The van der Waals surface area contributed by atoms with Crippen molar-refractivity contribution in [3.63, 3.8) is 0 Å². The molecule has 0 atom stereocenters. The van der Waals surface area contributed by atoms with Gasteiger partial charge in [0.25, 0.3) is 0 Å². The molecule has 142 valence electrons. The van der Waals surface area contributed by atoms with Gasteiger partial charge in [0.05, 0.1) is 22.8 Å². The molecule has 0 aliphatic rings. The molecule has 0 amide bonds. The van der Waals surface area contributed by atoms with Crippen LogP contribution in [0.25, 0.3) is 0 Å². The lowest BCUT2D eigenvalue weighted by atomic mass is 10.2. The van der Waals surface area contributed by atoms with Crippen molar-refractivity contribution < 1.29 is 4.74 Å². The van der Waals surface area contributed by atoms with Gasteiger partial charge in [-0.05, 0) is 30.5 Å². The van der Waals surface area contributed by atoms with Crippen molar-refractivity contribution in [1.82, 2.24) is 20.4 Å². The van der Waals surface area contributed by atoms with Crippen LogP contribution in [0.1, 0.15) is 12.0 Å². The Morgan fingerprint density at radius 2 is 1.88 bits per heavy atom. The zero-order chi connectivity index (χ0) is 18.9. The zero-order valence-corrected chi connectivity index (χ0v) is 17.0. The minimum absolute atomic E-state index is 0.386. The van der Waals surface area contributed by atoms with Crippen molar-refractivity contribution in [2.75, 3.05) is 26.7 Å². The van der Waals surface area contributed by atoms with Crippen molar-refractivity contribution in [2.24, 2.45) is 12.0 Å². The summed E-state index contributed by atoms with van der Waals surface area (Å²) in [4.78, 5) is 4.18. The lowest BCUT2D eigenvalue weighted by Gasteiger charge is -2.13. The molecule has 1 heterocycles. The summed E-state index contributed by atoms with van der Waals surface area (Å²) in [6.07, 6.45) is 5.86. The molecule has 0 aliphatic heterocycles. The molecular weight excluding hydrogens is 397 g/mol. The Labute approximate surface area is 168 Å². The first-order valence-electron chi connectivity index (χ1n) is 8.19. The summed E-state index contributed by atoms with van der Waals surface area (Å²) < 4.78 is 7.43. The highest BCUT2D eigenvalue weighted by Crippen LogP contribution is 2.35. The lowest BCUT2D eigenvalue weighted by molar-refractivity contribution is 0.322. The van der Waals surface area contributed by atoms with Gasteiger partial charge in [-0.1, -0.05) is 34.8 Å². The third kappa shape index (κ3) is 6.59. The highest BCUT2D eigenvalue weighted by Gasteiger charge is 2.09. The van der Waals surface area contributed by atoms with E-state index in [1.165, 1.54) is 5.56 Å².